The predicted octanol–water partition coefficient (Wildman–Crippen LogP) is 2.13. The molecule has 0 aliphatic carbocycles. The summed E-state index contributed by atoms with van der Waals surface area (Å²) in [4.78, 5) is 29.7. The van der Waals surface area contributed by atoms with Gasteiger partial charge in [0.2, 0.25) is 11.8 Å². The first-order valence-corrected chi connectivity index (χ1v) is 9.54. The number of fused-ring (bicyclic) bond motifs is 1. The molecule has 7 nitrogen and oxygen atoms in total. The van der Waals surface area contributed by atoms with E-state index in [9.17, 15) is 9.59 Å². The van der Waals surface area contributed by atoms with Crippen molar-refractivity contribution in [3.63, 3.8) is 0 Å². The molecule has 2 aromatic rings. The quantitative estimate of drug-likeness (QED) is 0.606. The third-order valence-electron chi connectivity index (χ3n) is 4.53. The second kappa shape index (κ2) is 9.32. The van der Waals surface area contributed by atoms with Crippen molar-refractivity contribution in [2.45, 2.75) is 26.4 Å². The number of nitrogens with zero attached hydrogens (tertiary/aromatic N) is 1. The normalized spacial score (nSPS) is 15.5. The molecule has 1 atom stereocenters. The van der Waals surface area contributed by atoms with Crippen LogP contribution in [0.3, 0.4) is 0 Å². The van der Waals surface area contributed by atoms with Crippen molar-refractivity contribution in [1.29, 1.82) is 0 Å². The Balaban J connectivity index is 1.65. The Kier molecular flexibility index (Phi) is 6.60. The molecule has 1 aromatic carbocycles. The molecule has 0 bridgehead atoms. The zero-order valence-corrected chi connectivity index (χ0v) is 16.2. The van der Waals surface area contributed by atoms with Crippen molar-refractivity contribution in [3.05, 3.63) is 53.2 Å². The van der Waals surface area contributed by atoms with Gasteiger partial charge in [-0.1, -0.05) is 31.2 Å². The topological polar surface area (TPSA) is 92.3 Å². The summed E-state index contributed by atoms with van der Waals surface area (Å²) in [6.45, 7) is 3.93. The van der Waals surface area contributed by atoms with Crippen LogP contribution >= 0.6 is 0 Å². The number of ether oxygens (including phenoxy) is 1. The lowest BCUT2D eigenvalue weighted by Crippen LogP contribution is -2.42. The van der Waals surface area contributed by atoms with Gasteiger partial charge in [0.15, 0.2) is 5.78 Å². The number of hydrogen-bond acceptors (Lipinski definition) is 6. The van der Waals surface area contributed by atoms with Crippen molar-refractivity contribution < 1.29 is 14.3 Å². The average Bonchev–Trinajstić information content (AvgIpc) is 2.71. The van der Waals surface area contributed by atoms with Gasteiger partial charge in [-0.05, 0) is 30.7 Å². The Labute approximate surface area is 164 Å². The summed E-state index contributed by atoms with van der Waals surface area (Å²) in [6, 6.07) is 11.5. The van der Waals surface area contributed by atoms with Gasteiger partial charge in [0.25, 0.3) is 0 Å². The number of pyridine rings is 1. The number of amides is 1. The van der Waals surface area contributed by atoms with Crippen LogP contribution in [-0.2, 0) is 17.9 Å². The maximum absolute atomic E-state index is 12.8. The number of rotatable bonds is 8. The monoisotopic (exact) mass is 382 g/mol. The smallest absolute Gasteiger partial charge is 0.233 e. The number of Topliss-reactive ketones (excluding diaryl/α,β-unsaturated/α-hetero) is 1. The third-order valence-corrected chi connectivity index (χ3v) is 4.53. The van der Waals surface area contributed by atoms with E-state index in [2.05, 4.69) is 20.9 Å². The molecule has 1 aromatic heterocycles. The molecule has 148 valence electrons. The SMILES string of the molecule is CCCOc1ccc2c(n1)C(=O)C(C(=O)NCc1cccc(CNC)c1)CN2. The first-order chi connectivity index (χ1) is 13.6. The number of nitrogens with one attached hydrogen (secondary N) is 3. The number of aromatic nitrogens is 1. The molecule has 1 aliphatic rings. The fourth-order valence-electron chi connectivity index (χ4n) is 3.11. The zero-order chi connectivity index (χ0) is 19.9. The van der Waals surface area contributed by atoms with Gasteiger partial charge in [-0.25, -0.2) is 4.98 Å². The van der Waals surface area contributed by atoms with Crippen LogP contribution in [0.15, 0.2) is 36.4 Å². The highest BCUT2D eigenvalue weighted by molar-refractivity contribution is 6.13. The number of carbonyl (C=O) groups is 2. The Bertz CT molecular complexity index is 853. The molecule has 28 heavy (non-hydrogen) atoms. The summed E-state index contributed by atoms with van der Waals surface area (Å²) in [6.07, 6.45) is 0.853. The Morgan fingerprint density at radius 2 is 2.04 bits per heavy atom. The van der Waals surface area contributed by atoms with Gasteiger partial charge in [-0.15, -0.1) is 0 Å². The molecular weight excluding hydrogens is 356 g/mol. The van der Waals surface area contributed by atoms with E-state index in [0.29, 0.717) is 24.7 Å². The van der Waals surface area contributed by atoms with E-state index in [1.165, 1.54) is 0 Å². The average molecular weight is 382 g/mol. The molecular formula is C21H26N4O3. The summed E-state index contributed by atoms with van der Waals surface area (Å²) in [7, 11) is 1.89. The number of carbonyl (C=O) groups excluding carboxylic acids is 2. The lowest BCUT2D eigenvalue weighted by atomic mass is 9.95. The van der Waals surface area contributed by atoms with Gasteiger partial charge in [-0.3, -0.25) is 9.59 Å². The first-order valence-electron chi connectivity index (χ1n) is 9.54. The Morgan fingerprint density at radius 1 is 1.25 bits per heavy atom. The van der Waals surface area contributed by atoms with E-state index in [1.54, 1.807) is 12.1 Å². The minimum atomic E-state index is -0.804. The minimum Gasteiger partial charge on any atom is -0.478 e. The van der Waals surface area contributed by atoms with Crippen molar-refractivity contribution in [2.24, 2.45) is 5.92 Å². The van der Waals surface area contributed by atoms with Crippen LogP contribution in [-0.4, -0.2) is 36.9 Å². The fourth-order valence-corrected chi connectivity index (χ4v) is 3.11. The number of anilines is 1. The van der Waals surface area contributed by atoms with E-state index in [-0.39, 0.29) is 23.9 Å². The molecule has 1 unspecified atom stereocenters. The van der Waals surface area contributed by atoms with Crippen molar-refractivity contribution in [3.8, 4) is 5.88 Å². The van der Waals surface area contributed by atoms with Gasteiger partial charge >= 0.3 is 0 Å². The lowest BCUT2D eigenvalue weighted by molar-refractivity contribution is -0.123. The van der Waals surface area contributed by atoms with Gasteiger partial charge in [0.05, 0.1) is 12.3 Å². The number of hydrogen-bond donors (Lipinski definition) is 3. The molecule has 1 aliphatic heterocycles. The van der Waals surface area contributed by atoms with E-state index >= 15 is 0 Å². The van der Waals surface area contributed by atoms with Crippen LogP contribution in [0.25, 0.3) is 0 Å². The Morgan fingerprint density at radius 3 is 2.79 bits per heavy atom. The predicted molar refractivity (Wildman–Crippen MR) is 107 cm³/mol. The van der Waals surface area contributed by atoms with Crippen molar-refractivity contribution in [1.82, 2.24) is 15.6 Å². The minimum absolute atomic E-state index is 0.258. The van der Waals surface area contributed by atoms with E-state index in [0.717, 1.165) is 24.1 Å². The molecule has 3 rings (SSSR count). The fraction of sp³-hybridized carbons (Fsp3) is 0.381. The molecule has 1 amide bonds. The standard InChI is InChI=1S/C21H26N4O3/c1-3-9-28-18-8-7-17-19(25-18)20(26)16(13-23-17)21(27)24-12-15-6-4-5-14(10-15)11-22-2/h4-8,10,16,22-23H,3,9,11-13H2,1-2H3,(H,24,27). The molecule has 2 heterocycles. The number of ketones is 1. The number of benzene rings is 1. The molecule has 0 saturated carbocycles. The molecule has 0 radical (unpaired) electrons. The maximum atomic E-state index is 12.8. The van der Waals surface area contributed by atoms with E-state index < -0.39 is 5.92 Å². The summed E-state index contributed by atoms with van der Waals surface area (Å²) in [5, 5.41) is 9.10. The maximum Gasteiger partial charge on any atom is 0.233 e. The van der Waals surface area contributed by atoms with Gasteiger partial charge < -0.3 is 20.7 Å². The summed E-state index contributed by atoms with van der Waals surface area (Å²) < 4.78 is 5.50. The van der Waals surface area contributed by atoms with Crippen LogP contribution in [0.1, 0.15) is 35.0 Å². The second-order valence-corrected chi connectivity index (χ2v) is 6.76. The van der Waals surface area contributed by atoms with Crippen LogP contribution in [0.5, 0.6) is 5.88 Å². The Hall–Kier alpha value is -2.93. The van der Waals surface area contributed by atoms with Crippen molar-refractivity contribution >= 4 is 17.4 Å². The first kappa shape index (κ1) is 19.8. The van der Waals surface area contributed by atoms with Gasteiger partial charge in [0, 0.05) is 25.7 Å². The third kappa shape index (κ3) is 4.67. The molecule has 0 saturated heterocycles. The zero-order valence-electron chi connectivity index (χ0n) is 16.2. The molecule has 3 N–H and O–H groups in total. The molecule has 7 heteroatoms. The van der Waals surface area contributed by atoms with Crippen LogP contribution in [0.4, 0.5) is 5.69 Å². The lowest BCUT2D eigenvalue weighted by Gasteiger charge is -2.24. The largest absolute Gasteiger partial charge is 0.478 e. The van der Waals surface area contributed by atoms with Crippen LogP contribution in [0, 0.1) is 5.92 Å². The van der Waals surface area contributed by atoms with Crippen LogP contribution in [0.2, 0.25) is 0 Å². The van der Waals surface area contributed by atoms with Gasteiger partial charge in [-0.2, -0.15) is 0 Å². The summed E-state index contributed by atoms with van der Waals surface area (Å²) >= 11 is 0. The van der Waals surface area contributed by atoms with E-state index in [4.69, 9.17) is 4.74 Å². The summed E-state index contributed by atoms with van der Waals surface area (Å²) in [5.41, 5.74) is 3.03. The highest BCUT2D eigenvalue weighted by Gasteiger charge is 2.34. The second-order valence-electron chi connectivity index (χ2n) is 6.76. The highest BCUT2D eigenvalue weighted by Crippen LogP contribution is 2.26. The van der Waals surface area contributed by atoms with Crippen molar-refractivity contribution in [2.75, 3.05) is 25.5 Å². The van der Waals surface area contributed by atoms with E-state index in [1.807, 2.05) is 38.2 Å². The molecule has 0 fully saturated rings. The summed E-state index contributed by atoms with van der Waals surface area (Å²) in [5.74, 6) is -0.985. The highest BCUT2D eigenvalue weighted by atomic mass is 16.5. The van der Waals surface area contributed by atoms with Crippen LogP contribution < -0.4 is 20.7 Å². The van der Waals surface area contributed by atoms with Gasteiger partial charge in [0.1, 0.15) is 11.6 Å². The molecule has 0 spiro atoms.